The van der Waals surface area contributed by atoms with Crippen LogP contribution in [-0.2, 0) is 4.74 Å². The van der Waals surface area contributed by atoms with E-state index in [1.54, 1.807) is 6.92 Å². The topological polar surface area (TPSA) is 58.6 Å². The molecule has 120 valence electrons. The summed E-state index contributed by atoms with van der Waals surface area (Å²) in [6.07, 6.45) is 0.989. The van der Waals surface area contributed by atoms with Gasteiger partial charge in [-0.25, -0.2) is 9.18 Å². The Bertz CT molecular complexity index is 568. The lowest BCUT2D eigenvalue weighted by Gasteiger charge is -2.33. The predicted octanol–water partition coefficient (Wildman–Crippen LogP) is 2.83. The molecule has 1 aliphatic rings. The third-order valence-electron chi connectivity index (χ3n) is 3.47. The number of likely N-dealkylation sites (tertiary alicyclic amines) is 1. The number of nitrogens with one attached hydrogen (secondary N) is 1. The average molecular weight is 329 g/mol. The first-order chi connectivity index (χ1) is 10.5. The summed E-state index contributed by atoms with van der Waals surface area (Å²) < 4.78 is 18.7. The number of rotatable bonds is 3. The third kappa shape index (κ3) is 4.10. The Balaban J connectivity index is 2.02. The molecule has 0 aromatic heterocycles. The Hall–Kier alpha value is -1.82. The molecule has 22 heavy (non-hydrogen) atoms. The lowest BCUT2D eigenvalue weighted by molar-refractivity contribution is 0.0681. The zero-order chi connectivity index (χ0) is 16.1. The van der Waals surface area contributed by atoms with Crippen LogP contribution in [-0.4, -0.2) is 42.6 Å². The van der Waals surface area contributed by atoms with E-state index in [1.165, 1.54) is 17.0 Å². The van der Waals surface area contributed by atoms with Gasteiger partial charge < -0.3 is 15.0 Å². The highest BCUT2D eigenvalue weighted by Gasteiger charge is 2.27. The van der Waals surface area contributed by atoms with E-state index in [2.05, 4.69) is 5.32 Å². The largest absolute Gasteiger partial charge is 0.450 e. The summed E-state index contributed by atoms with van der Waals surface area (Å²) in [5.41, 5.74) is -0.0128. The Labute approximate surface area is 133 Å². The minimum absolute atomic E-state index is 0.0128. The van der Waals surface area contributed by atoms with Gasteiger partial charge in [0.2, 0.25) is 0 Å². The van der Waals surface area contributed by atoms with E-state index < -0.39 is 17.8 Å². The van der Waals surface area contributed by atoms with Crippen molar-refractivity contribution in [2.75, 3.05) is 19.7 Å². The first-order valence-electron chi connectivity index (χ1n) is 7.19. The van der Waals surface area contributed by atoms with E-state index >= 15 is 0 Å². The monoisotopic (exact) mass is 328 g/mol. The number of nitrogens with zero attached hydrogens (tertiary/aromatic N) is 1. The fourth-order valence-electron chi connectivity index (χ4n) is 2.45. The summed E-state index contributed by atoms with van der Waals surface area (Å²) in [7, 11) is 0. The Morgan fingerprint density at radius 3 is 2.95 bits per heavy atom. The van der Waals surface area contributed by atoms with Crippen LogP contribution in [0, 0.1) is 5.82 Å². The number of carbonyl (C=O) groups excluding carboxylic acids is 2. The quantitative estimate of drug-likeness (QED) is 0.928. The fourth-order valence-corrected chi connectivity index (χ4v) is 2.61. The highest BCUT2D eigenvalue weighted by atomic mass is 35.5. The van der Waals surface area contributed by atoms with Crippen LogP contribution >= 0.6 is 11.6 Å². The standard InChI is InChI=1S/C15H18ClFN2O3/c1-2-22-15(21)18-11-4-3-7-19(9-11)14(20)12-6-5-10(16)8-13(12)17/h5-6,8,11H,2-4,7,9H2,1H3,(H,18,21)/t11-/m0/s1. The molecule has 1 aromatic carbocycles. The second-order valence-electron chi connectivity index (χ2n) is 5.08. The van der Waals surface area contributed by atoms with Crippen LogP contribution in [0.1, 0.15) is 30.1 Å². The summed E-state index contributed by atoms with van der Waals surface area (Å²) in [4.78, 5) is 25.4. The van der Waals surface area contributed by atoms with Crippen molar-refractivity contribution in [3.63, 3.8) is 0 Å². The van der Waals surface area contributed by atoms with Gasteiger partial charge in [0, 0.05) is 24.2 Å². The van der Waals surface area contributed by atoms with Crippen LogP contribution in [0.3, 0.4) is 0 Å². The van der Waals surface area contributed by atoms with Crippen molar-refractivity contribution >= 4 is 23.6 Å². The highest BCUT2D eigenvalue weighted by Crippen LogP contribution is 2.19. The Kier molecular flexibility index (Phi) is 5.60. The van der Waals surface area contributed by atoms with Gasteiger partial charge in [0.1, 0.15) is 5.82 Å². The number of ether oxygens (including phenoxy) is 1. The van der Waals surface area contributed by atoms with Crippen molar-refractivity contribution < 1.29 is 18.7 Å². The third-order valence-corrected chi connectivity index (χ3v) is 3.70. The van der Waals surface area contributed by atoms with Crippen LogP contribution in [0.15, 0.2) is 18.2 Å². The summed E-state index contributed by atoms with van der Waals surface area (Å²) >= 11 is 5.69. The molecule has 2 amide bonds. The maximum absolute atomic E-state index is 13.8. The lowest BCUT2D eigenvalue weighted by atomic mass is 10.0. The zero-order valence-corrected chi connectivity index (χ0v) is 13.0. The number of hydrogen-bond acceptors (Lipinski definition) is 3. The van der Waals surface area contributed by atoms with Crippen LogP contribution < -0.4 is 5.32 Å². The van der Waals surface area contributed by atoms with E-state index in [4.69, 9.17) is 16.3 Å². The van der Waals surface area contributed by atoms with Crippen LogP contribution in [0.25, 0.3) is 0 Å². The molecule has 2 rings (SSSR count). The van der Waals surface area contributed by atoms with E-state index in [0.717, 1.165) is 18.9 Å². The van der Waals surface area contributed by atoms with E-state index in [9.17, 15) is 14.0 Å². The van der Waals surface area contributed by atoms with Gasteiger partial charge >= 0.3 is 6.09 Å². The van der Waals surface area contributed by atoms with Gasteiger partial charge in [-0.3, -0.25) is 4.79 Å². The summed E-state index contributed by atoms with van der Waals surface area (Å²) in [5.74, 6) is -1.04. The maximum atomic E-state index is 13.8. The second kappa shape index (κ2) is 7.45. The second-order valence-corrected chi connectivity index (χ2v) is 5.52. The number of halogens is 2. The van der Waals surface area contributed by atoms with Gasteiger partial charge in [0.25, 0.3) is 5.91 Å². The van der Waals surface area contributed by atoms with Gasteiger partial charge in [0.15, 0.2) is 0 Å². The van der Waals surface area contributed by atoms with Crippen LogP contribution in [0.5, 0.6) is 0 Å². The van der Waals surface area contributed by atoms with Crippen molar-refractivity contribution in [2.45, 2.75) is 25.8 Å². The smallest absolute Gasteiger partial charge is 0.407 e. The molecule has 0 unspecified atom stereocenters. The van der Waals surface area contributed by atoms with Crippen LogP contribution in [0.4, 0.5) is 9.18 Å². The minimum atomic E-state index is -0.641. The highest BCUT2D eigenvalue weighted by molar-refractivity contribution is 6.30. The SMILES string of the molecule is CCOC(=O)N[C@H]1CCCN(C(=O)c2ccc(Cl)cc2F)C1. The zero-order valence-electron chi connectivity index (χ0n) is 12.3. The number of hydrogen-bond donors (Lipinski definition) is 1. The Morgan fingerprint density at radius 2 is 2.27 bits per heavy atom. The first-order valence-corrected chi connectivity index (χ1v) is 7.56. The molecule has 1 atom stereocenters. The van der Waals surface area contributed by atoms with E-state index in [0.29, 0.717) is 13.1 Å². The number of benzene rings is 1. The summed E-state index contributed by atoms with van der Waals surface area (Å²) in [5, 5.41) is 2.95. The molecule has 0 bridgehead atoms. The van der Waals surface area contributed by atoms with Crippen LogP contribution in [0.2, 0.25) is 5.02 Å². The summed E-state index contributed by atoms with van der Waals surface area (Å²) in [6.45, 7) is 2.87. The molecular formula is C15H18ClFN2O3. The molecular weight excluding hydrogens is 311 g/mol. The number of piperidine rings is 1. The molecule has 1 fully saturated rings. The molecule has 5 nitrogen and oxygen atoms in total. The fraction of sp³-hybridized carbons (Fsp3) is 0.467. The summed E-state index contributed by atoms with van der Waals surface area (Å²) in [6, 6.07) is 3.79. The molecule has 0 saturated carbocycles. The first kappa shape index (κ1) is 16.5. The number of amides is 2. The molecule has 7 heteroatoms. The molecule has 1 N–H and O–H groups in total. The average Bonchev–Trinajstić information content (AvgIpc) is 2.47. The van der Waals surface area contributed by atoms with Crippen molar-refractivity contribution in [3.8, 4) is 0 Å². The van der Waals surface area contributed by atoms with Crippen molar-refractivity contribution in [3.05, 3.63) is 34.6 Å². The van der Waals surface area contributed by atoms with Gasteiger partial charge in [-0.1, -0.05) is 11.6 Å². The van der Waals surface area contributed by atoms with E-state index in [1.807, 2.05) is 0 Å². The van der Waals surface area contributed by atoms with Gasteiger partial charge in [-0.2, -0.15) is 0 Å². The van der Waals surface area contributed by atoms with Crippen molar-refractivity contribution in [1.82, 2.24) is 10.2 Å². The lowest BCUT2D eigenvalue weighted by Crippen LogP contribution is -2.49. The number of alkyl carbamates (subject to hydrolysis) is 1. The molecule has 1 heterocycles. The number of carbonyl (C=O) groups is 2. The molecule has 1 saturated heterocycles. The van der Waals surface area contributed by atoms with Gasteiger partial charge in [-0.15, -0.1) is 0 Å². The van der Waals surface area contributed by atoms with Crippen molar-refractivity contribution in [1.29, 1.82) is 0 Å². The predicted molar refractivity (Wildman–Crippen MR) is 80.5 cm³/mol. The van der Waals surface area contributed by atoms with E-state index in [-0.39, 0.29) is 23.2 Å². The van der Waals surface area contributed by atoms with Crippen molar-refractivity contribution in [2.24, 2.45) is 0 Å². The maximum Gasteiger partial charge on any atom is 0.407 e. The molecule has 0 aliphatic carbocycles. The molecule has 1 aromatic rings. The normalized spacial score (nSPS) is 18.0. The minimum Gasteiger partial charge on any atom is -0.450 e. The Morgan fingerprint density at radius 1 is 1.50 bits per heavy atom. The molecule has 1 aliphatic heterocycles. The molecule has 0 radical (unpaired) electrons. The molecule has 0 spiro atoms. The van der Waals surface area contributed by atoms with Gasteiger partial charge in [0.05, 0.1) is 12.2 Å². The van der Waals surface area contributed by atoms with Gasteiger partial charge in [-0.05, 0) is 38.0 Å².